The molecule has 0 saturated heterocycles. The van der Waals surface area contributed by atoms with Crippen LogP contribution in [0.25, 0.3) is 0 Å². The van der Waals surface area contributed by atoms with Crippen molar-refractivity contribution >= 4 is 18.5 Å². The second-order valence-electron chi connectivity index (χ2n) is 19.0. The summed E-state index contributed by atoms with van der Waals surface area (Å²) in [5.41, 5.74) is 2.51. The molecule has 0 fully saturated rings. The average Bonchev–Trinajstić information content (AvgIpc) is 3.22. The largest absolute Gasteiger partial charge is 0.514 e. The molecule has 0 amide bonds. The van der Waals surface area contributed by atoms with Gasteiger partial charge in [0.2, 0.25) is 0 Å². The second kappa shape index (κ2) is 24.6. The fourth-order valence-corrected chi connectivity index (χ4v) is 6.47. The molecule has 66 heavy (non-hydrogen) atoms. The lowest BCUT2D eigenvalue weighted by Gasteiger charge is -2.20. The minimum absolute atomic E-state index is 0.250. The number of para-hydroxylation sites is 1. The van der Waals surface area contributed by atoms with Gasteiger partial charge in [0.25, 0.3) is 0 Å². The molecule has 9 heteroatoms. The third kappa shape index (κ3) is 18.8. The summed E-state index contributed by atoms with van der Waals surface area (Å²) < 4.78 is 34.2. The highest BCUT2D eigenvalue weighted by atomic mass is 16.7. The van der Waals surface area contributed by atoms with Crippen molar-refractivity contribution in [2.24, 2.45) is 0 Å². The highest BCUT2D eigenvalue weighted by Crippen LogP contribution is 2.32. The Balaban J connectivity index is 1.96. The first-order chi connectivity index (χ1) is 31.2. The molecule has 0 aliphatic rings. The number of carbonyl (C=O) groups is 3. The first-order valence-corrected chi connectivity index (χ1v) is 23.0. The summed E-state index contributed by atoms with van der Waals surface area (Å²) >= 11 is 0. The van der Waals surface area contributed by atoms with Crippen LogP contribution in [0, 0.1) is 35.5 Å². The van der Waals surface area contributed by atoms with Crippen LogP contribution in [0.4, 0.5) is 14.4 Å². The van der Waals surface area contributed by atoms with Crippen molar-refractivity contribution in [3.8, 4) is 52.8 Å². The standard InChI is InChI=1S/C57H66O9/c1-12-14-16-21-28-45-37-42(32-34-44-27-23-24-30-49(44)61-52(58)64-55(3,4)5)39-48(51(45)63-54(60)66-57(9,10)11)36-33-43-38-46(29-22-17-15-13-2)50(62-53(59)65-56(6,7)8)47(40-43)35-31-41-25-19-18-20-26-41/h18-20,23-27,30,37-40H,12-17,21-22,28-29H2,1-11H3. The van der Waals surface area contributed by atoms with Gasteiger partial charge < -0.3 is 28.4 Å². The van der Waals surface area contributed by atoms with Crippen LogP contribution in [0.2, 0.25) is 0 Å². The number of unbranched alkanes of at least 4 members (excludes halogenated alkanes) is 6. The normalized spacial score (nSPS) is 11.1. The van der Waals surface area contributed by atoms with Gasteiger partial charge in [0.1, 0.15) is 22.6 Å². The molecule has 0 aliphatic heterocycles. The molecule has 0 N–H and O–H groups in total. The zero-order chi connectivity index (χ0) is 48.3. The monoisotopic (exact) mass is 894 g/mol. The second-order valence-corrected chi connectivity index (χ2v) is 19.0. The van der Waals surface area contributed by atoms with Gasteiger partial charge in [-0.05, 0) is 148 Å². The number of ether oxygens (including phenoxy) is 6. The van der Waals surface area contributed by atoms with Crippen molar-refractivity contribution in [2.45, 2.75) is 157 Å². The van der Waals surface area contributed by atoms with Crippen LogP contribution in [-0.4, -0.2) is 35.3 Å². The molecule has 0 atom stereocenters. The third-order valence-corrected chi connectivity index (χ3v) is 9.35. The van der Waals surface area contributed by atoms with Crippen LogP contribution in [0.1, 0.15) is 172 Å². The maximum absolute atomic E-state index is 13.4. The zero-order valence-electron chi connectivity index (χ0n) is 40.8. The van der Waals surface area contributed by atoms with Crippen LogP contribution in [0.3, 0.4) is 0 Å². The van der Waals surface area contributed by atoms with Gasteiger partial charge in [0.15, 0.2) is 11.5 Å². The topological polar surface area (TPSA) is 107 Å². The SMILES string of the molecule is CCCCCCc1cc(C#Cc2cc(C#Cc3ccccc3OC(=O)OC(C)(C)C)cc(CCCCCC)c2OC(=O)OC(C)(C)C)cc(C#Cc2ccccc2)c1OC(=O)OC(C)(C)C. The Morgan fingerprint density at radius 1 is 0.424 bits per heavy atom. The zero-order valence-corrected chi connectivity index (χ0v) is 40.8. The Bertz CT molecular complexity index is 2480. The molecule has 0 spiro atoms. The highest BCUT2D eigenvalue weighted by Gasteiger charge is 2.24. The van der Waals surface area contributed by atoms with E-state index in [0.29, 0.717) is 46.4 Å². The van der Waals surface area contributed by atoms with E-state index in [1.807, 2.05) is 42.5 Å². The van der Waals surface area contributed by atoms with Gasteiger partial charge in [-0.2, -0.15) is 0 Å². The highest BCUT2D eigenvalue weighted by molar-refractivity contribution is 5.71. The van der Waals surface area contributed by atoms with Gasteiger partial charge in [0.05, 0.1) is 16.7 Å². The molecule has 4 rings (SSSR count). The Morgan fingerprint density at radius 3 is 1.26 bits per heavy atom. The van der Waals surface area contributed by atoms with Gasteiger partial charge >= 0.3 is 18.5 Å². The van der Waals surface area contributed by atoms with Gasteiger partial charge in [0, 0.05) is 16.7 Å². The lowest BCUT2D eigenvalue weighted by Crippen LogP contribution is -2.26. The Kier molecular flexibility index (Phi) is 19.4. The van der Waals surface area contributed by atoms with Gasteiger partial charge in [-0.15, -0.1) is 0 Å². The predicted molar refractivity (Wildman–Crippen MR) is 260 cm³/mol. The molecule has 0 radical (unpaired) electrons. The maximum atomic E-state index is 13.4. The quantitative estimate of drug-likeness (QED) is 0.0426. The number of aryl methyl sites for hydroxylation is 2. The summed E-state index contributed by atoms with van der Waals surface area (Å²) in [6, 6.07) is 23.9. The van der Waals surface area contributed by atoms with Crippen molar-refractivity contribution in [3.05, 3.63) is 123 Å². The molecule has 348 valence electrons. The van der Waals surface area contributed by atoms with E-state index in [1.165, 1.54) is 0 Å². The van der Waals surface area contributed by atoms with E-state index < -0.39 is 35.3 Å². The molecule has 0 heterocycles. The first-order valence-electron chi connectivity index (χ1n) is 23.0. The lowest BCUT2D eigenvalue weighted by molar-refractivity contribution is 0.0190. The molecular weight excluding hydrogens is 829 g/mol. The summed E-state index contributed by atoms with van der Waals surface area (Å²) in [7, 11) is 0. The van der Waals surface area contributed by atoms with Crippen LogP contribution >= 0.6 is 0 Å². The van der Waals surface area contributed by atoms with E-state index in [0.717, 1.165) is 68.1 Å². The maximum Gasteiger partial charge on any atom is 0.514 e. The van der Waals surface area contributed by atoms with Crippen LogP contribution in [0.15, 0.2) is 78.9 Å². The van der Waals surface area contributed by atoms with Gasteiger partial charge in [-0.3, -0.25) is 0 Å². The molecule has 0 unspecified atom stereocenters. The summed E-state index contributed by atoms with van der Waals surface area (Å²) in [4.78, 5) is 39.2. The van der Waals surface area contributed by atoms with Gasteiger partial charge in [-0.25, -0.2) is 14.4 Å². The Labute approximate surface area is 393 Å². The van der Waals surface area contributed by atoms with E-state index in [-0.39, 0.29) is 11.5 Å². The van der Waals surface area contributed by atoms with Crippen LogP contribution in [-0.2, 0) is 27.1 Å². The van der Waals surface area contributed by atoms with Gasteiger partial charge in [-0.1, -0.05) is 118 Å². The van der Waals surface area contributed by atoms with Crippen molar-refractivity contribution in [3.63, 3.8) is 0 Å². The molecule has 0 aromatic heterocycles. The number of rotatable bonds is 13. The third-order valence-electron chi connectivity index (χ3n) is 9.35. The van der Waals surface area contributed by atoms with Crippen LogP contribution in [0.5, 0.6) is 17.2 Å². The van der Waals surface area contributed by atoms with E-state index >= 15 is 0 Å². The molecule has 0 saturated carbocycles. The van der Waals surface area contributed by atoms with Crippen molar-refractivity contribution < 1.29 is 42.8 Å². The van der Waals surface area contributed by atoms with Crippen molar-refractivity contribution in [2.75, 3.05) is 0 Å². The average molecular weight is 895 g/mol. The molecule has 0 aliphatic carbocycles. The lowest BCUT2D eigenvalue weighted by atomic mass is 9.97. The number of hydrogen-bond acceptors (Lipinski definition) is 9. The van der Waals surface area contributed by atoms with E-state index in [2.05, 4.69) is 49.4 Å². The molecular formula is C57H66O9. The Morgan fingerprint density at radius 2 is 0.818 bits per heavy atom. The summed E-state index contributed by atoms with van der Waals surface area (Å²) in [5.74, 6) is 20.4. The number of hydrogen-bond donors (Lipinski definition) is 0. The smallest absolute Gasteiger partial charge is 0.428 e. The van der Waals surface area contributed by atoms with Crippen LogP contribution < -0.4 is 14.2 Å². The summed E-state index contributed by atoms with van der Waals surface area (Å²) in [5, 5.41) is 0. The van der Waals surface area contributed by atoms with E-state index in [1.54, 1.807) is 98.7 Å². The number of carbonyl (C=O) groups excluding carboxylic acids is 3. The summed E-state index contributed by atoms with van der Waals surface area (Å²) in [6.45, 7) is 20.3. The van der Waals surface area contributed by atoms with E-state index in [4.69, 9.17) is 28.4 Å². The number of benzene rings is 4. The molecule has 4 aromatic rings. The first kappa shape index (κ1) is 52.0. The minimum Gasteiger partial charge on any atom is -0.428 e. The fraction of sp³-hybridized carbons (Fsp3) is 0.421. The predicted octanol–water partition coefficient (Wildman–Crippen LogP) is 14.1. The molecule has 4 aromatic carbocycles. The summed E-state index contributed by atoms with van der Waals surface area (Å²) in [6.07, 6.45) is 6.52. The molecule has 0 bridgehead atoms. The fourth-order valence-electron chi connectivity index (χ4n) is 6.47. The van der Waals surface area contributed by atoms with E-state index in [9.17, 15) is 14.4 Å². The van der Waals surface area contributed by atoms with Crippen molar-refractivity contribution in [1.29, 1.82) is 0 Å². The minimum atomic E-state index is -0.858. The van der Waals surface area contributed by atoms with Crippen molar-refractivity contribution in [1.82, 2.24) is 0 Å². The molecule has 9 nitrogen and oxygen atoms in total. The Hall–Kier alpha value is -6.63.